The van der Waals surface area contributed by atoms with Crippen molar-refractivity contribution in [3.05, 3.63) is 23.7 Å². The number of carbonyl (C=O) groups excluding carboxylic acids is 2. The van der Waals surface area contributed by atoms with Gasteiger partial charge in [0.1, 0.15) is 5.60 Å². The van der Waals surface area contributed by atoms with Gasteiger partial charge in [-0.05, 0) is 38.8 Å². The largest absolute Gasteiger partial charge is 0.463 e. The minimum Gasteiger partial charge on any atom is -0.463 e. The van der Waals surface area contributed by atoms with Crippen LogP contribution in [0.2, 0.25) is 0 Å². The fourth-order valence-corrected chi connectivity index (χ4v) is 1.31. The maximum absolute atomic E-state index is 11.4. The number of methoxy groups -OCH3 is 1. The highest BCUT2D eigenvalue weighted by atomic mass is 16.6. The number of ether oxygens (including phenoxy) is 2. The summed E-state index contributed by atoms with van der Waals surface area (Å²) < 4.78 is 14.8. The second-order valence-electron chi connectivity index (χ2n) is 5.14. The number of furan rings is 1. The summed E-state index contributed by atoms with van der Waals surface area (Å²) in [5.74, 6) is 5.50. The van der Waals surface area contributed by atoms with Crippen LogP contribution in [0.1, 0.15) is 43.5 Å². The third-order valence-electron chi connectivity index (χ3n) is 2.12. The molecule has 0 radical (unpaired) electrons. The Morgan fingerprint density at radius 2 is 2.05 bits per heavy atom. The summed E-state index contributed by atoms with van der Waals surface area (Å²) in [7, 11) is 1.28. The van der Waals surface area contributed by atoms with E-state index in [2.05, 4.69) is 21.9 Å². The Bertz CT molecular complexity index is 557. The first-order chi connectivity index (χ1) is 9.81. The monoisotopic (exact) mass is 293 g/mol. The summed E-state index contributed by atoms with van der Waals surface area (Å²) in [4.78, 5) is 22.5. The van der Waals surface area contributed by atoms with Gasteiger partial charge in [0, 0.05) is 13.0 Å². The van der Waals surface area contributed by atoms with Gasteiger partial charge in [0.05, 0.1) is 7.11 Å². The summed E-state index contributed by atoms with van der Waals surface area (Å²) >= 11 is 0. The zero-order valence-corrected chi connectivity index (χ0v) is 12.6. The number of nitrogens with one attached hydrogen (secondary N) is 1. The maximum atomic E-state index is 11.4. The number of carbonyl (C=O) groups is 2. The van der Waals surface area contributed by atoms with E-state index in [1.807, 2.05) is 0 Å². The van der Waals surface area contributed by atoms with Crippen molar-refractivity contribution in [2.45, 2.75) is 32.8 Å². The molecule has 0 bridgehead atoms. The number of amides is 1. The van der Waals surface area contributed by atoms with Crippen LogP contribution in [0, 0.1) is 11.8 Å². The van der Waals surface area contributed by atoms with Gasteiger partial charge in [0.25, 0.3) is 0 Å². The lowest BCUT2D eigenvalue weighted by atomic mass is 10.2. The minimum absolute atomic E-state index is 0.105. The molecule has 0 aromatic carbocycles. The van der Waals surface area contributed by atoms with Crippen LogP contribution in [0.25, 0.3) is 0 Å². The van der Waals surface area contributed by atoms with Gasteiger partial charge in [0.2, 0.25) is 5.76 Å². The average Bonchev–Trinajstić information content (AvgIpc) is 2.84. The molecule has 114 valence electrons. The Hall–Kier alpha value is -2.42. The fraction of sp³-hybridized carbons (Fsp3) is 0.467. The van der Waals surface area contributed by atoms with Crippen molar-refractivity contribution in [1.82, 2.24) is 5.32 Å². The van der Waals surface area contributed by atoms with Crippen LogP contribution in [0.3, 0.4) is 0 Å². The van der Waals surface area contributed by atoms with E-state index in [1.165, 1.54) is 13.2 Å². The predicted octanol–water partition coefficient (Wildman–Crippen LogP) is 2.33. The van der Waals surface area contributed by atoms with Crippen LogP contribution in [-0.4, -0.2) is 31.3 Å². The second kappa shape index (κ2) is 7.39. The highest BCUT2D eigenvalue weighted by Gasteiger charge is 2.15. The molecule has 1 rings (SSSR count). The summed E-state index contributed by atoms with van der Waals surface area (Å²) in [5, 5.41) is 2.59. The van der Waals surface area contributed by atoms with Gasteiger partial charge in [-0.15, -0.1) is 0 Å². The standard InChI is InChI=1S/C15H19NO5/c1-15(2,3)21-14(18)16-10-6-5-7-11-8-9-12(20-11)13(17)19-4/h8-9H,6,10H2,1-4H3,(H,16,18). The van der Waals surface area contributed by atoms with E-state index in [1.54, 1.807) is 26.8 Å². The van der Waals surface area contributed by atoms with Crippen molar-refractivity contribution in [2.24, 2.45) is 0 Å². The first-order valence-electron chi connectivity index (χ1n) is 6.45. The molecule has 1 N–H and O–H groups in total. The Kier molecular flexibility index (Phi) is 5.85. The SMILES string of the molecule is COC(=O)c1ccc(C#CCCNC(=O)OC(C)(C)C)o1. The molecular weight excluding hydrogens is 274 g/mol. The van der Waals surface area contributed by atoms with Crippen LogP contribution >= 0.6 is 0 Å². The molecule has 1 aromatic rings. The van der Waals surface area contributed by atoms with Crippen molar-refractivity contribution >= 4 is 12.1 Å². The molecule has 6 heteroatoms. The second-order valence-corrected chi connectivity index (χ2v) is 5.14. The molecule has 0 fully saturated rings. The van der Waals surface area contributed by atoms with Gasteiger partial charge in [-0.1, -0.05) is 5.92 Å². The third kappa shape index (κ3) is 6.52. The Morgan fingerprint density at radius 3 is 2.67 bits per heavy atom. The highest BCUT2D eigenvalue weighted by molar-refractivity contribution is 5.86. The third-order valence-corrected chi connectivity index (χ3v) is 2.12. The number of alkyl carbamates (subject to hydrolysis) is 1. The van der Waals surface area contributed by atoms with Crippen LogP contribution in [0.15, 0.2) is 16.5 Å². The molecular formula is C15H19NO5. The van der Waals surface area contributed by atoms with Crippen LogP contribution in [0.4, 0.5) is 4.79 Å². The molecule has 1 aromatic heterocycles. The van der Waals surface area contributed by atoms with Crippen LogP contribution in [-0.2, 0) is 9.47 Å². The maximum Gasteiger partial charge on any atom is 0.407 e. The van der Waals surface area contributed by atoms with E-state index in [4.69, 9.17) is 9.15 Å². The molecule has 0 atom stereocenters. The fourth-order valence-electron chi connectivity index (χ4n) is 1.31. The Balaban J connectivity index is 2.35. The molecule has 0 saturated heterocycles. The first kappa shape index (κ1) is 16.6. The molecule has 0 saturated carbocycles. The normalized spacial score (nSPS) is 10.3. The van der Waals surface area contributed by atoms with Crippen LogP contribution in [0.5, 0.6) is 0 Å². The van der Waals surface area contributed by atoms with Crippen molar-refractivity contribution < 1.29 is 23.5 Å². The minimum atomic E-state index is -0.547. The number of hydrogen-bond acceptors (Lipinski definition) is 5. The molecule has 6 nitrogen and oxygen atoms in total. The van der Waals surface area contributed by atoms with E-state index in [9.17, 15) is 9.59 Å². The summed E-state index contributed by atoms with van der Waals surface area (Å²) in [6.45, 7) is 5.75. The van der Waals surface area contributed by atoms with Gasteiger partial charge in [-0.25, -0.2) is 9.59 Å². The van der Waals surface area contributed by atoms with Crippen molar-refractivity contribution in [2.75, 3.05) is 13.7 Å². The Labute approximate surface area is 123 Å². The lowest BCUT2D eigenvalue weighted by Gasteiger charge is -2.19. The molecule has 0 spiro atoms. The molecule has 21 heavy (non-hydrogen) atoms. The van der Waals surface area contributed by atoms with E-state index < -0.39 is 17.7 Å². The van der Waals surface area contributed by atoms with E-state index in [0.29, 0.717) is 18.7 Å². The molecule has 1 heterocycles. The van der Waals surface area contributed by atoms with Gasteiger partial charge < -0.3 is 19.2 Å². The summed E-state index contributed by atoms with van der Waals surface area (Å²) in [6.07, 6.45) is -0.0386. The quantitative estimate of drug-likeness (QED) is 0.526. The zero-order chi connectivity index (χ0) is 15.9. The van der Waals surface area contributed by atoms with Gasteiger partial charge in [-0.2, -0.15) is 0 Å². The Morgan fingerprint density at radius 1 is 1.33 bits per heavy atom. The number of rotatable bonds is 3. The predicted molar refractivity (Wildman–Crippen MR) is 75.8 cm³/mol. The summed E-state index contributed by atoms with van der Waals surface area (Å²) in [5.41, 5.74) is -0.520. The summed E-state index contributed by atoms with van der Waals surface area (Å²) in [6, 6.07) is 3.08. The highest BCUT2D eigenvalue weighted by Crippen LogP contribution is 2.08. The van der Waals surface area contributed by atoms with E-state index in [-0.39, 0.29) is 5.76 Å². The molecule has 0 unspecified atom stereocenters. The molecule has 0 aliphatic heterocycles. The zero-order valence-electron chi connectivity index (χ0n) is 12.6. The van der Waals surface area contributed by atoms with Crippen molar-refractivity contribution in [1.29, 1.82) is 0 Å². The lowest BCUT2D eigenvalue weighted by molar-refractivity contribution is 0.0526. The van der Waals surface area contributed by atoms with Gasteiger partial charge >= 0.3 is 12.1 Å². The van der Waals surface area contributed by atoms with E-state index in [0.717, 1.165) is 0 Å². The first-order valence-corrected chi connectivity index (χ1v) is 6.45. The smallest absolute Gasteiger partial charge is 0.407 e. The molecule has 0 aliphatic rings. The average molecular weight is 293 g/mol. The van der Waals surface area contributed by atoms with Gasteiger partial charge in [0.15, 0.2) is 5.76 Å². The topological polar surface area (TPSA) is 77.8 Å². The van der Waals surface area contributed by atoms with Crippen molar-refractivity contribution in [3.63, 3.8) is 0 Å². The molecule has 0 aliphatic carbocycles. The van der Waals surface area contributed by atoms with E-state index >= 15 is 0 Å². The van der Waals surface area contributed by atoms with Gasteiger partial charge in [-0.3, -0.25) is 0 Å². The number of esters is 1. The van der Waals surface area contributed by atoms with Crippen LogP contribution < -0.4 is 5.32 Å². The van der Waals surface area contributed by atoms with Crippen molar-refractivity contribution in [3.8, 4) is 11.8 Å². The lowest BCUT2D eigenvalue weighted by Crippen LogP contribution is -2.32. The number of hydrogen-bond donors (Lipinski definition) is 1. The molecule has 1 amide bonds.